The van der Waals surface area contributed by atoms with Gasteiger partial charge in [0.1, 0.15) is 0 Å². The van der Waals surface area contributed by atoms with Gasteiger partial charge >= 0.3 is 0 Å². The molecule has 18 heavy (non-hydrogen) atoms. The van der Waals surface area contributed by atoms with Crippen molar-refractivity contribution >= 4 is 5.69 Å². The lowest BCUT2D eigenvalue weighted by molar-refractivity contribution is 0.103. The number of anilines is 1. The lowest BCUT2D eigenvalue weighted by atomic mass is 10.1. The Morgan fingerprint density at radius 2 is 2.17 bits per heavy atom. The van der Waals surface area contributed by atoms with Crippen LogP contribution in [0.5, 0.6) is 0 Å². The number of nitriles is 1. The van der Waals surface area contributed by atoms with Gasteiger partial charge in [-0.05, 0) is 43.4 Å². The lowest BCUT2D eigenvalue weighted by Gasteiger charge is -2.10. The Bertz CT molecular complexity index is 388. The van der Waals surface area contributed by atoms with Crippen LogP contribution in [-0.4, -0.2) is 19.3 Å². The molecule has 1 aromatic rings. The van der Waals surface area contributed by atoms with Crippen LogP contribution in [0.2, 0.25) is 0 Å². The zero-order chi connectivity index (χ0) is 12.6. The number of benzene rings is 1. The first-order valence-electron chi connectivity index (χ1n) is 6.70. The van der Waals surface area contributed by atoms with Gasteiger partial charge in [0, 0.05) is 18.8 Å². The van der Waals surface area contributed by atoms with Crippen molar-refractivity contribution in [1.29, 1.82) is 5.26 Å². The third-order valence-corrected chi connectivity index (χ3v) is 3.29. The maximum absolute atomic E-state index is 8.59. The van der Waals surface area contributed by atoms with Crippen LogP contribution in [0.25, 0.3) is 0 Å². The molecule has 0 aromatic heterocycles. The zero-order valence-electron chi connectivity index (χ0n) is 10.7. The van der Waals surface area contributed by atoms with E-state index in [9.17, 15) is 0 Å². The minimum Gasteiger partial charge on any atom is -0.385 e. The van der Waals surface area contributed by atoms with Gasteiger partial charge in [0.15, 0.2) is 0 Å². The summed E-state index contributed by atoms with van der Waals surface area (Å²) in [5.41, 5.74) is 2.20. The van der Waals surface area contributed by atoms with Crippen molar-refractivity contribution in [2.45, 2.75) is 38.2 Å². The van der Waals surface area contributed by atoms with Crippen LogP contribution in [0, 0.1) is 11.3 Å². The van der Waals surface area contributed by atoms with Crippen LogP contribution in [-0.2, 0) is 11.2 Å². The third kappa shape index (κ3) is 4.05. The highest BCUT2D eigenvalue weighted by atomic mass is 16.5. The monoisotopic (exact) mass is 244 g/mol. The van der Waals surface area contributed by atoms with Gasteiger partial charge < -0.3 is 10.1 Å². The van der Waals surface area contributed by atoms with Gasteiger partial charge in [-0.15, -0.1) is 0 Å². The summed E-state index contributed by atoms with van der Waals surface area (Å²) in [7, 11) is 0. The van der Waals surface area contributed by atoms with E-state index in [4.69, 9.17) is 10.00 Å². The highest BCUT2D eigenvalue weighted by Crippen LogP contribution is 2.17. The summed E-state index contributed by atoms with van der Waals surface area (Å²) in [6, 6.07) is 10.2. The van der Waals surface area contributed by atoms with Crippen LogP contribution in [0.4, 0.5) is 5.69 Å². The van der Waals surface area contributed by atoms with Gasteiger partial charge in [-0.1, -0.05) is 12.1 Å². The number of hydrogen-bond acceptors (Lipinski definition) is 3. The summed E-state index contributed by atoms with van der Waals surface area (Å²) in [4.78, 5) is 0. The fourth-order valence-corrected chi connectivity index (χ4v) is 2.27. The number of ether oxygens (including phenoxy) is 1. The maximum atomic E-state index is 8.59. The second-order valence-corrected chi connectivity index (χ2v) is 4.74. The zero-order valence-corrected chi connectivity index (χ0v) is 10.7. The predicted molar refractivity (Wildman–Crippen MR) is 72.5 cm³/mol. The molecule has 0 spiro atoms. The van der Waals surface area contributed by atoms with E-state index >= 15 is 0 Å². The minimum atomic E-state index is 0.485. The topological polar surface area (TPSA) is 45.0 Å². The molecule has 1 aliphatic heterocycles. The molecule has 1 saturated heterocycles. The molecule has 1 N–H and O–H groups in total. The van der Waals surface area contributed by atoms with Gasteiger partial charge in [-0.2, -0.15) is 5.26 Å². The number of hydrogen-bond donors (Lipinski definition) is 1. The number of nitrogens with zero attached hydrogens (tertiary/aromatic N) is 1. The van der Waals surface area contributed by atoms with Crippen LogP contribution < -0.4 is 5.32 Å². The summed E-state index contributed by atoms with van der Waals surface area (Å²) in [6.07, 6.45) is 5.72. The quantitative estimate of drug-likeness (QED) is 0.782. The highest BCUT2D eigenvalue weighted by molar-refractivity contribution is 5.44. The first-order chi connectivity index (χ1) is 8.88. The van der Waals surface area contributed by atoms with Crippen molar-refractivity contribution in [2.24, 2.45) is 0 Å². The Labute approximate surface area is 109 Å². The molecule has 1 aromatic carbocycles. The standard InChI is InChI=1S/C15H20N2O/c16-10-9-13-5-7-14(8-6-13)17-11-1-3-15-4-2-12-18-15/h5-8,15,17H,1-4,9,11-12H2. The van der Waals surface area contributed by atoms with Gasteiger partial charge in [-0.3, -0.25) is 0 Å². The normalized spacial score (nSPS) is 18.5. The Morgan fingerprint density at radius 3 is 2.83 bits per heavy atom. The minimum absolute atomic E-state index is 0.485. The van der Waals surface area contributed by atoms with Crippen LogP contribution >= 0.6 is 0 Å². The van der Waals surface area contributed by atoms with E-state index in [0.29, 0.717) is 12.5 Å². The SMILES string of the molecule is N#CCc1ccc(NCCCC2CCCO2)cc1. The van der Waals surface area contributed by atoms with E-state index in [1.807, 2.05) is 24.3 Å². The van der Waals surface area contributed by atoms with Crippen molar-refractivity contribution < 1.29 is 4.74 Å². The Hall–Kier alpha value is -1.53. The van der Waals surface area contributed by atoms with Crippen molar-refractivity contribution in [2.75, 3.05) is 18.5 Å². The van der Waals surface area contributed by atoms with Gasteiger partial charge in [0.05, 0.1) is 18.6 Å². The van der Waals surface area contributed by atoms with E-state index < -0.39 is 0 Å². The van der Waals surface area contributed by atoms with Crippen molar-refractivity contribution in [1.82, 2.24) is 0 Å². The second kappa shape index (κ2) is 7.03. The first-order valence-corrected chi connectivity index (χ1v) is 6.70. The molecule has 3 heteroatoms. The average molecular weight is 244 g/mol. The molecule has 0 bridgehead atoms. The predicted octanol–water partition coefficient (Wildman–Crippen LogP) is 3.12. The van der Waals surface area contributed by atoms with Crippen molar-refractivity contribution in [3.63, 3.8) is 0 Å². The fourth-order valence-electron chi connectivity index (χ4n) is 2.27. The van der Waals surface area contributed by atoms with E-state index in [0.717, 1.165) is 37.2 Å². The van der Waals surface area contributed by atoms with E-state index in [2.05, 4.69) is 11.4 Å². The molecule has 0 radical (unpaired) electrons. The average Bonchev–Trinajstić information content (AvgIpc) is 2.90. The molecule has 0 aliphatic carbocycles. The molecule has 0 saturated carbocycles. The van der Waals surface area contributed by atoms with Crippen LogP contribution in [0.15, 0.2) is 24.3 Å². The van der Waals surface area contributed by atoms with Crippen molar-refractivity contribution in [3.05, 3.63) is 29.8 Å². The van der Waals surface area contributed by atoms with Crippen LogP contribution in [0.3, 0.4) is 0 Å². The summed E-state index contributed by atoms with van der Waals surface area (Å²) in [5, 5.41) is 12.0. The molecule has 96 valence electrons. The summed E-state index contributed by atoms with van der Waals surface area (Å²) in [5.74, 6) is 0. The molecule has 1 unspecified atom stereocenters. The molecule has 1 fully saturated rings. The molecule has 3 nitrogen and oxygen atoms in total. The first kappa shape index (κ1) is 12.9. The largest absolute Gasteiger partial charge is 0.385 e. The van der Waals surface area contributed by atoms with Crippen molar-refractivity contribution in [3.8, 4) is 6.07 Å². The Balaban J connectivity index is 1.65. The maximum Gasteiger partial charge on any atom is 0.0669 e. The number of nitrogens with one attached hydrogen (secondary N) is 1. The molecule has 1 aliphatic rings. The van der Waals surface area contributed by atoms with Gasteiger partial charge in [0.25, 0.3) is 0 Å². The molecular formula is C15H20N2O. The molecular weight excluding hydrogens is 224 g/mol. The van der Waals surface area contributed by atoms with E-state index in [-0.39, 0.29) is 0 Å². The molecule has 2 rings (SSSR count). The Kier molecular flexibility index (Phi) is 5.04. The molecule has 0 amide bonds. The molecule has 1 atom stereocenters. The Morgan fingerprint density at radius 1 is 1.33 bits per heavy atom. The third-order valence-electron chi connectivity index (χ3n) is 3.29. The van der Waals surface area contributed by atoms with Crippen LogP contribution in [0.1, 0.15) is 31.2 Å². The smallest absolute Gasteiger partial charge is 0.0669 e. The highest BCUT2D eigenvalue weighted by Gasteiger charge is 2.14. The van der Waals surface area contributed by atoms with Gasteiger partial charge in [-0.25, -0.2) is 0 Å². The summed E-state index contributed by atoms with van der Waals surface area (Å²) in [6.45, 7) is 1.93. The summed E-state index contributed by atoms with van der Waals surface area (Å²) >= 11 is 0. The van der Waals surface area contributed by atoms with E-state index in [1.165, 1.54) is 12.8 Å². The summed E-state index contributed by atoms with van der Waals surface area (Å²) < 4.78 is 5.59. The van der Waals surface area contributed by atoms with Gasteiger partial charge in [0.2, 0.25) is 0 Å². The fraction of sp³-hybridized carbons (Fsp3) is 0.533. The van der Waals surface area contributed by atoms with E-state index in [1.54, 1.807) is 0 Å². The number of rotatable bonds is 6. The molecule has 1 heterocycles. The second-order valence-electron chi connectivity index (χ2n) is 4.74. The lowest BCUT2D eigenvalue weighted by Crippen LogP contribution is -2.09.